The standard InChI is InChI=1S/C41H48FN7O8S/c1-40(51)8-6-25(7-9-40)33-24-56-36-19-29(18-34(49(52)53)37(36)45-33)58(54,55)46-39(50)30-5-4-26(16-35(30)57-28-17-31-32(42)23-44-38(31)43-22-28)48-14-10-41(11-15-48)20-27(21-41)47-12-2-3-13-47/h4-5,16-19,22-23,25,27,33,45,51H,2-3,6-15,20-21,24H2,1H3,(H,43,44)(H,46,50)/t25-,33-,40-/m1/s1. The Morgan fingerprint density at radius 1 is 1.09 bits per heavy atom. The van der Waals surface area contributed by atoms with Crippen LogP contribution >= 0.6 is 0 Å². The summed E-state index contributed by atoms with van der Waals surface area (Å²) in [7, 11) is -4.69. The van der Waals surface area contributed by atoms with Gasteiger partial charge >= 0.3 is 0 Å². The molecule has 4 aromatic rings. The van der Waals surface area contributed by atoms with Crippen LogP contribution in [0.5, 0.6) is 17.2 Å². The largest absolute Gasteiger partial charge is 0.489 e. The lowest BCUT2D eigenvalue weighted by Crippen LogP contribution is -2.54. The number of nitro benzene ring substituents is 1. The molecular formula is C41H48FN7O8S. The second-order valence-electron chi connectivity index (χ2n) is 17.2. The minimum atomic E-state index is -4.69. The normalized spacial score (nSPS) is 24.8. The van der Waals surface area contributed by atoms with Gasteiger partial charge < -0.3 is 34.7 Å². The molecule has 1 spiro atoms. The first-order valence-electron chi connectivity index (χ1n) is 20.2. The van der Waals surface area contributed by atoms with Gasteiger partial charge in [0.1, 0.15) is 29.6 Å². The highest BCUT2D eigenvalue weighted by molar-refractivity contribution is 7.90. The van der Waals surface area contributed by atoms with Crippen LogP contribution in [0.25, 0.3) is 11.0 Å². The van der Waals surface area contributed by atoms with E-state index < -0.39 is 42.9 Å². The van der Waals surface area contributed by atoms with Crippen LogP contribution in [0, 0.1) is 27.3 Å². The lowest BCUT2D eigenvalue weighted by Gasteiger charge is -2.55. The van der Waals surface area contributed by atoms with E-state index in [1.807, 2.05) is 0 Å². The summed E-state index contributed by atoms with van der Waals surface area (Å²) < 4.78 is 56.4. The molecule has 0 radical (unpaired) electrons. The number of H-pyrrole nitrogens is 1. The molecule has 3 aliphatic heterocycles. The number of carbonyl (C=O) groups is 1. The highest BCUT2D eigenvalue weighted by Gasteiger charge is 2.48. The molecule has 58 heavy (non-hydrogen) atoms. The molecule has 1 amide bonds. The molecule has 1 atom stereocenters. The van der Waals surface area contributed by atoms with Crippen LogP contribution in [0.2, 0.25) is 0 Å². The van der Waals surface area contributed by atoms with E-state index in [2.05, 4.69) is 29.8 Å². The first kappa shape index (κ1) is 38.5. The van der Waals surface area contributed by atoms with E-state index in [0.29, 0.717) is 42.8 Å². The smallest absolute Gasteiger partial charge is 0.297 e. The van der Waals surface area contributed by atoms with E-state index in [9.17, 15) is 32.8 Å². The van der Waals surface area contributed by atoms with Crippen molar-refractivity contribution in [3.05, 3.63) is 70.3 Å². The average molecular weight is 818 g/mol. The molecular weight excluding hydrogens is 770 g/mol. The van der Waals surface area contributed by atoms with Crippen LogP contribution in [0.3, 0.4) is 0 Å². The van der Waals surface area contributed by atoms with Crippen LogP contribution in [-0.4, -0.2) is 89.7 Å². The Morgan fingerprint density at radius 3 is 2.55 bits per heavy atom. The first-order chi connectivity index (χ1) is 27.7. The van der Waals surface area contributed by atoms with E-state index in [0.717, 1.165) is 43.8 Å². The summed E-state index contributed by atoms with van der Waals surface area (Å²) in [5, 5.41) is 26.1. The number of pyridine rings is 1. The third-order valence-electron chi connectivity index (χ3n) is 13.3. The van der Waals surface area contributed by atoms with Gasteiger partial charge in [0.15, 0.2) is 11.4 Å². The average Bonchev–Trinajstić information content (AvgIpc) is 3.86. The Morgan fingerprint density at radius 2 is 1.83 bits per heavy atom. The number of fused-ring (bicyclic) bond motifs is 2. The Bertz CT molecular complexity index is 2360. The molecule has 15 nitrogen and oxygen atoms in total. The summed E-state index contributed by atoms with van der Waals surface area (Å²) in [6, 6.07) is 8.84. The maximum Gasteiger partial charge on any atom is 0.297 e. The van der Waals surface area contributed by atoms with Crippen LogP contribution in [0.15, 0.2) is 53.7 Å². The molecule has 5 heterocycles. The van der Waals surface area contributed by atoms with Crippen molar-refractivity contribution in [2.45, 2.75) is 93.7 Å². The summed E-state index contributed by atoms with van der Waals surface area (Å²) in [6.45, 7) is 5.96. The fraction of sp³-hybridized carbons (Fsp3) is 0.512. The molecule has 2 saturated heterocycles. The number of benzene rings is 2. The van der Waals surface area contributed by atoms with Crippen molar-refractivity contribution in [3.8, 4) is 17.2 Å². The molecule has 17 heteroatoms. The molecule has 2 aromatic carbocycles. The number of ether oxygens (including phenoxy) is 2. The van der Waals surface area contributed by atoms with Crippen molar-refractivity contribution in [2.75, 3.05) is 43.0 Å². The summed E-state index contributed by atoms with van der Waals surface area (Å²) >= 11 is 0. The van der Waals surface area contributed by atoms with Crippen LogP contribution in [0.1, 0.15) is 81.5 Å². The van der Waals surface area contributed by atoms with Gasteiger partial charge in [-0.25, -0.2) is 22.5 Å². The van der Waals surface area contributed by atoms with Crippen molar-refractivity contribution in [1.29, 1.82) is 0 Å². The Balaban J connectivity index is 0.955. The molecule has 4 fully saturated rings. The molecule has 0 unspecified atom stereocenters. The van der Waals surface area contributed by atoms with Gasteiger partial charge in [-0.15, -0.1) is 0 Å². The number of anilines is 2. The van der Waals surface area contributed by atoms with Gasteiger partial charge in [-0.3, -0.25) is 14.9 Å². The molecule has 5 aliphatic rings. The number of hydrogen-bond acceptors (Lipinski definition) is 12. The zero-order chi connectivity index (χ0) is 40.4. The zero-order valence-corrected chi connectivity index (χ0v) is 33.2. The third-order valence-corrected chi connectivity index (χ3v) is 14.6. The molecule has 4 N–H and O–H groups in total. The van der Waals surface area contributed by atoms with E-state index in [1.165, 1.54) is 63.3 Å². The second kappa shape index (κ2) is 14.7. The topological polar surface area (TPSA) is 192 Å². The summed E-state index contributed by atoms with van der Waals surface area (Å²) in [4.78, 5) is 36.9. The number of piperidine rings is 1. The Hall–Kier alpha value is -5.00. The number of hydrogen-bond donors (Lipinski definition) is 4. The SMILES string of the molecule is C[C@]1(O)CC[C@H]([C@H]2COc3cc(S(=O)(=O)NC(=O)c4ccc(N5CCC6(CC5)CC(N5CCCC5)C6)cc4Oc4cnc5[nH]cc(F)c5c4)cc([N+](=O)[O-])c3N2)CC1. The number of aromatic amines is 1. The lowest BCUT2D eigenvalue weighted by atomic mass is 9.60. The number of nitrogens with zero attached hydrogens (tertiary/aromatic N) is 4. The maximum atomic E-state index is 14.5. The van der Waals surface area contributed by atoms with E-state index in [4.69, 9.17) is 9.47 Å². The minimum Gasteiger partial charge on any atom is -0.489 e. The van der Waals surface area contributed by atoms with Crippen LogP contribution in [-0.2, 0) is 10.0 Å². The number of nitro groups is 1. The summed E-state index contributed by atoms with van der Waals surface area (Å²) in [5.74, 6) is -1.33. The minimum absolute atomic E-state index is 0.0221. The number of likely N-dealkylation sites (tertiary alicyclic amines) is 1. The number of aliphatic hydroxyl groups is 1. The predicted octanol–water partition coefficient (Wildman–Crippen LogP) is 6.48. The number of amides is 1. The molecule has 0 bridgehead atoms. The molecule has 308 valence electrons. The van der Waals surface area contributed by atoms with Crippen molar-refractivity contribution >= 4 is 44.0 Å². The van der Waals surface area contributed by atoms with Gasteiger partial charge in [0, 0.05) is 49.2 Å². The molecule has 9 rings (SSSR count). The number of halogens is 1. The van der Waals surface area contributed by atoms with Gasteiger partial charge in [-0.2, -0.15) is 0 Å². The third kappa shape index (κ3) is 7.43. The zero-order valence-electron chi connectivity index (χ0n) is 32.3. The van der Waals surface area contributed by atoms with Gasteiger partial charge in [0.2, 0.25) is 0 Å². The fourth-order valence-electron chi connectivity index (χ4n) is 9.76. The van der Waals surface area contributed by atoms with Gasteiger partial charge in [0.05, 0.1) is 38.6 Å². The predicted molar refractivity (Wildman–Crippen MR) is 214 cm³/mol. The van der Waals surface area contributed by atoms with Crippen LogP contribution < -0.4 is 24.4 Å². The Kier molecular flexibility index (Phi) is 9.75. The maximum absolute atomic E-state index is 14.5. The summed E-state index contributed by atoms with van der Waals surface area (Å²) in [5.41, 5.74) is 0.109. The van der Waals surface area contributed by atoms with Gasteiger partial charge in [0.25, 0.3) is 21.6 Å². The number of carbonyl (C=O) groups excluding carboxylic acids is 1. The van der Waals surface area contributed by atoms with E-state index >= 15 is 0 Å². The summed E-state index contributed by atoms with van der Waals surface area (Å²) in [6.07, 6.45) is 12.2. The first-order valence-corrected chi connectivity index (χ1v) is 21.7. The lowest BCUT2D eigenvalue weighted by molar-refractivity contribution is -0.384. The van der Waals surface area contributed by atoms with Crippen molar-refractivity contribution < 1.29 is 37.1 Å². The van der Waals surface area contributed by atoms with Gasteiger partial charge in [-0.1, -0.05) is 0 Å². The second-order valence-corrected chi connectivity index (χ2v) is 18.9. The van der Waals surface area contributed by atoms with E-state index in [1.54, 1.807) is 19.1 Å². The number of sulfonamides is 1. The van der Waals surface area contributed by atoms with Gasteiger partial charge in [-0.05, 0) is 114 Å². The molecule has 2 saturated carbocycles. The van der Waals surface area contributed by atoms with Crippen LogP contribution in [0.4, 0.5) is 21.5 Å². The van der Waals surface area contributed by atoms with Crippen molar-refractivity contribution in [1.82, 2.24) is 19.6 Å². The quantitative estimate of drug-likeness (QED) is 0.106. The number of aromatic nitrogens is 2. The fourth-order valence-corrected chi connectivity index (χ4v) is 10.8. The van der Waals surface area contributed by atoms with Crippen molar-refractivity contribution in [2.24, 2.45) is 11.3 Å². The van der Waals surface area contributed by atoms with E-state index in [-0.39, 0.29) is 52.5 Å². The molecule has 2 aromatic heterocycles. The molecule has 2 aliphatic carbocycles. The highest BCUT2D eigenvalue weighted by atomic mass is 32.2. The highest BCUT2D eigenvalue weighted by Crippen LogP contribution is 2.52. The monoisotopic (exact) mass is 817 g/mol. The Labute approximate surface area is 335 Å². The number of rotatable bonds is 9. The number of nitrogens with one attached hydrogen (secondary N) is 3. The van der Waals surface area contributed by atoms with Crippen molar-refractivity contribution in [3.63, 3.8) is 0 Å².